The summed E-state index contributed by atoms with van der Waals surface area (Å²) in [6.07, 6.45) is -0.688. The largest absolute Gasteiger partial charge is 0.481 e. The van der Waals surface area contributed by atoms with Crippen molar-refractivity contribution < 1.29 is 13.9 Å². The maximum Gasteiger partial charge on any atom is 0.261 e. The zero-order chi connectivity index (χ0) is 16.1. The number of amides is 1. The minimum absolute atomic E-state index is 0.124. The maximum atomic E-state index is 13.5. The topological polar surface area (TPSA) is 38.3 Å². The molecule has 0 fully saturated rings. The Labute approximate surface area is 134 Å². The van der Waals surface area contributed by atoms with Crippen LogP contribution in [0.3, 0.4) is 0 Å². The first-order valence-corrected chi connectivity index (χ1v) is 7.29. The lowest BCUT2D eigenvalue weighted by Crippen LogP contribution is -2.36. The summed E-state index contributed by atoms with van der Waals surface area (Å²) in [5.41, 5.74) is 1.31. The molecule has 0 aliphatic rings. The van der Waals surface area contributed by atoms with Gasteiger partial charge in [-0.2, -0.15) is 0 Å². The van der Waals surface area contributed by atoms with Gasteiger partial charge in [0.05, 0.1) is 0 Å². The molecule has 1 amide bonds. The molecule has 3 nitrogen and oxygen atoms in total. The van der Waals surface area contributed by atoms with Crippen LogP contribution in [0.5, 0.6) is 5.75 Å². The van der Waals surface area contributed by atoms with Gasteiger partial charge in [-0.1, -0.05) is 29.8 Å². The molecule has 0 bridgehead atoms. The standard InChI is InChI=1S/C17H17ClFNO2/c1-11-9-14(7-8-15(11)18)22-12(2)17(21)20-10-13-5-3-4-6-16(13)19/h3-9,12H,10H2,1-2H3,(H,20,21). The van der Waals surface area contributed by atoms with Crippen molar-refractivity contribution in [1.82, 2.24) is 5.32 Å². The Morgan fingerprint density at radius 2 is 2.05 bits per heavy atom. The van der Waals surface area contributed by atoms with Crippen LogP contribution in [0.15, 0.2) is 42.5 Å². The van der Waals surface area contributed by atoms with Crippen LogP contribution in [0.1, 0.15) is 18.1 Å². The SMILES string of the molecule is Cc1cc(OC(C)C(=O)NCc2ccccc2F)ccc1Cl. The number of carbonyl (C=O) groups is 1. The molecule has 22 heavy (non-hydrogen) atoms. The smallest absolute Gasteiger partial charge is 0.261 e. The second kappa shape index (κ2) is 7.27. The number of benzene rings is 2. The van der Waals surface area contributed by atoms with E-state index in [1.165, 1.54) is 6.07 Å². The fourth-order valence-corrected chi connectivity index (χ4v) is 2.03. The summed E-state index contributed by atoms with van der Waals surface area (Å²) in [4.78, 5) is 12.0. The lowest BCUT2D eigenvalue weighted by molar-refractivity contribution is -0.127. The molecule has 0 radical (unpaired) electrons. The Kier molecular flexibility index (Phi) is 5.39. The predicted molar refractivity (Wildman–Crippen MR) is 84.5 cm³/mol. The molecule has 0 spiro atoms. The van der Waals surface area contributed by atoms with Crippen LogP contribution in [0.2, 0.25) is 5.02 Å². The van der Waals surface area contributed by atoms with Gasteiger partial charge in [-0.3, -0.25) is 4.79 Å². The molecule has 1 atom stereocenters. The number of rotatable bonds is 5. The molecule has 116 valence electrons. The Morgan fingerprint density at radius 1 is 1.32 bits per heavy atom. The van der Waals surface area contributed by atoms with E-state index in [9.17, 15) is 9.18 Å². The van der Waals surface area contributed by atoms with Gasteiger partial charge in [0, 0.05) is 17.1 Å². The number of aryl methyl sites for hydroxylation is 1. The minimum atomic E-state index is -0.688. The van der Waals surface area contributed by atoms with Gasteiger partial charge < -0.3 is 10.1 Å². The average Bonchev–Trinajstić information content (AvgIpc) is 2.50. The summed E-state index contributed by atoms with van der Waals surface area (Å²) in [6.45, 7) is 3.62. The highest BCUT2D eigenvalue weighted by molar-refractivity contribution is 6.31. The summed E-state index contributed by atoms with van der Waals surface area (Å²) in [6, 6.07) is 11.5. The summed E-state index contributed by atoms with van der Waals surface area (Å²) >= 11 is 5.94. The summed E-state index contributed by atoms with van der Waals surface area (Å²) in [5.74, 6) is -0.0870. The van der Waals surface area contributed by atoms with E-state index in [-0.39, 0.29) is 18.3 Å². The van der Waals surface area contributed by atoms with Crippen LogP contribution >= 0.6 is 11.6 Å². The lowest BCUT2D eigenvalue weighted by Gasteiger charge is -2.15. The Morgan fingerprint density at radius 3 is 2.73 bits per heavy atom. The Hall–Kier alpha value is -2.07. The van der Waals surface area contributed by atoms with Crippen molar-refractivity contribution in [3.05, 3.63) is 64.4 Å². The fourth-order valence-electron chi connectivity index (χ4n) is 1.92. The maximum absolute atomic E-state index is 13.5. The van der Waals surface area contributed by atoms with E-state index < -0.39 is 6.10 Å². The molecule has 1 N–H and O–H groups in total. The normalized spacial score (nSPS) is 11.8. The predicted octanol–water partition coefficient (Wildman–Crippen LogP) is 3.87. The first kappa shape index (κ1) is 16.3. The quantitative estimate of drug-likeness (QED) is 0.907. The van der Waals surface area contributed by atoms with Crippen molar-refractivity contribution in [2.75, 3.05) is 0 Å². The highest BCUT2D eigenvalue weighted by Gasteiger charge is 2.15. The van der Waals surface area contributed by atoms with Crippen LogP contribution in [-0.4, -0.2) is 12.0 Å². The Balaban J connectivity index is 1.92. The van der Waals surface area contributed by atoms with Crippen molar-refractivity contribution in [2.24, 2.45) is 0 Å². The first-order valence-electron chi connectivity index (χ1n) is 6.91. The van der Waals surface area contributed by atoms with Gasteiger partial charge in [-0.15, -0.1) is 0 Å². The van der Waals surface area contributed by atoms with E-state index in [0.29, 0.717) is 16.3 Å². The average molecular weight is 322 g/mol. The van der Waals surface area contributed by atoms with E-state index in [4.69, 9.17) is 16.3 Å². The highest BCUT2D eigenvalue weighted by Crippen LogP contribution is 2.21. The van der Waals surface area contributed by atoms with Crippen LogP contribution in [-0.2, 0) is 11.3 Å². The monoisotopic (exact) mass is 321 g/mol. The molecule has 0 heterocycles. The molecule has 5 heteroatoms. The van der Waals surface area contributed by atoms with Gasteiger partial charge in [0.15, 0.2) is 6.10 Å². The third-order valence-electron chi connectivity index (χ3n) is 3.22. The molecule has 2 aromatic rings. The third-order valence-corrected chi connectivity index (χ3v) is 3.65. The molecule has 0 saturated carbocycles. The number of hydrogen-bond donors (Lipinski definition) is 1. The van der Waals surface area contributed by atoms with Gasteiger partial charge in [0.25, 0.3) is 5.91 Å². The zero-order valence-electron chi connectivity index (χ0n) is 12.4. The molecule has 0 aliphatic heterocycles. The van der Waals surface area contributed by atoms with Crippen LogP contribution in [0.4, 0.5) is 4.39 Å². The van der Waals surface area contributed by atoms with Crippen molar-refractivity contribution >= 4 is 17.5 Å². The molecule has 2 aromatic carbocycles. The van der Waals surface area contributed by atoms with E-state index >= 15 is 0 Å². The zero-order valence-corrected chi connectivity index (χ0v) is 13.2. The van der Waals surface area contributed by atoms with E-state index in [0.717, 1.165) is 5.56 Å². The van der Waals surface area contributed by atoms with E-state index in [1.54, 1.807) is 43.3 Å². The lowest BCUT2D eigenvalue weighted by atomic mass is 10.2. The van der Waals surface area contributed by atoms with Crippen molar-refractivity contribution in [3.63, 3.8) is 0 Å². The van der Waals surface area contributed by atoms with Crippen molar-refractivity contribution in [1.29, 1.82) is 0 Å². The second-order valence-electron chi connectivity index (χ2n) is 4.98. The second-order valence-corrected chi connectivity index (χ2v) is 5.39. The van der Waals surface area contributed by atoms with Gasteiger partial charge in [0.2, 0.25) is 0 Å². The van der Waals surface area contributed by atoms with Crippen LogP contribution in [0, 0.1) is 12.7 Å². The summed E-state index contributed by atoms with van der Waals surface area (Å²) < 4.78 is 19.0. The van der Waals surface area contributed by atoms with Gasteiger partial charge in [0.1, 0.15) is 11.6 Å². The number of nitrogens with one attached hydrogen (secondary N) is 1. The molecular formula is C17H17ClFNO2. The van der Waals surface area contributed by atoms with Gasteiger partial charge in [-0.25, -0.2) is 4.39 Å². The van der Waals surface area contributed by atoms with Gasteiger partial charge >= 0.3 is 0 Å². The number of hydrogen-bond acceptors (Lipinski definition) is 2. The van der Waals surface area contributed by atoms with Crippen molar-refractivity contribution in [3.8, 4) is 5.75 Å². The molecule has 0 aliphatic carbocycles. The number of halogens is 2. The molecule has 2 rings (SSSR count). The Bertz CT molecular complexity index is 675. The van der Waals surface area contributed by atoms with Gasteiger partial charge in [-0.05, 0) is 43.7 Å². The third kappa shape index (κ3) is 4.21. The first-order chi connectivity index (χ1) is 10.5. The molecule has 0 aromatic heterocycles. The van der Waals surface area contributed by atoms with Crippen LogP contribution < -0.4 is 10.1 Å². The molecule has 0 saturated heterocycles. The highest BCUT2D eigenvalue weighted by atomic mass is 35.5. The van der Waals surface area contributed by atoms with E-state index in [2.05, 4.69) is 5.32 Å². The number of carbonyl (C=O) groups excluding carboxylic acids is 1. The number of ether oxygens (including phenoxy) is 1. The summed E-state index contributed by atoms with van der Waals surface area (Å²) in [5, 5.41) is 3.30. The fraction of sp³-hybridized carbons (Fsp3) is 0.235. The van der Waals surface area contributed by atoms with Crippen molar-refractivity contribution in [2.45, 2.75) is 26.5 Å². The molecule has 1 unspecified atom stereocenters. The summed E-state index contributed by atoms with van der Waals surface area (Å²) in [7, 11) is 0. The van der Waals surface area contributed by atoms with Crippen LogP contribution in [0.25, 0.3) is 0 Å². The minimum Gasteiger partial charge on any atom is -0.481 e. The van der Waals surface area contributed by atoms with E-state index in [1.807, 2.05) is 6.92 Å². The molecular weight excluding hydrogens is 305 g/mol.